The van der Waals surface area contributed by atoms with Crippen molar-refractivity contribution in [3.63, 3.8) is 0 Å². The summed E-state index contributed by atoms with van der Waals surface area (Å²) in [5.74, 6) is 0. The lowest BCUT2D eigenvalue weighted by molar-refractivity contribution is 0.138. The minimum Gasteiger partial charge on any atom is -0.374 e. The molecule has 0 spiro atoms. The predicted molar refractivity (Wildman–Crippen MR) is 57.2 cm³/mol. The molecule has 0 aromatic heterocycles. The van der Waals surface area contributed by atoms with E-state index < -0.39 is 16.9 Å². The molecule has 0 saturated carbocycles. The third-order valence-electron chi connectivity index (χ3n) is 1.10. The molecule has 0 aromatic rings. The van der Waals surface area contributed by atoms with Crippen LogP contribution in [0.15, 0.2) is 12.3 Å². The lowest BCUT2D eigenvalue weighted by Crippen LogP contribution is -2.40. The summed E-state index contributed by atoms with van der Waals surface area (Å²) >= 11 is 9.81. The SMILES string of the molecule is C=C[Si](OC)(OC)OC.Cl[SiH2]Cl. The summed E-state index contributed by atoms with van der Waals surface area (Å²) in [5.41, 5.74) is 1.58. The molecule has 0 aliphatic heterocycles. The molecule has 0 heterocycles. The van der Waals surface area contributed by atoms with E-state index in [1.807, 2.05) is 0 Å². The maximum absolute atomic E-state index is 4.96. The van der Waals surface area contributed by atoms with E-state index in [9.17, 15) is 0 Å². The highest BCUT2D eigenvalue weighted by Crippen LogP contribution is 2.04. The van der Waals surface area contributed by atoms with Gasteiger partial charge in [0.25, 0.3) is 0 Å². The minimum atomic E-state index is -2.43. The van der Waals surface area contributed by atoms with E-state index in [1.165, 1.54) is 0 Å². The highest BCUT2D eigenvalue weighted by Gasteiger charge is 2.33. The Morgan fingerprint density at radius 2 is 1.42 bits per heavy atom. The van der Waals surface area contributed by atoms with Crippen LogP contribution in [0.4, 0.5) is 0 Å². The lowest BCUT2D eigenvalue weighted by Gasteiger charge is -2.19. The van der Waals surface area contributed by atoms with E-state index in [1.54, 1.807) is 27.0 Å². The van der Waals surface area contributed by atoms with Crippen molar-refractivity contribution in [1.82, 2.24) is 0 Å². The van der Waals surface area contributed by atoms with Crippen molar-refractivity contribution in [1.29, 1.82) is 0 Å². The molecule has 0 aliphatic carbocycles. The first-order valence-corrected chi connectivity index (χ1v) is 9.15. The minimum absolute atomic E-state index is 0.639. The predicted octanol–water partition coefficient (Wildman–Crippen LogP) is 1.05. The highest BCUT2D eigenvalue weighted by molar-refractivity contribution is 7.22. The van der Waals surface area contributed by atoms with Gasteiger partial charge in [-0.2, -0.15) is 22.2 Å². The topological polar surface area (TPSA) is 27.7 Å². The van der Waals surface area contributed by atoms with Crippen LogP contribution in [-0.2, 0) is 13.3 Å². The van der Waals surface area contributed by atoms with Gasteiger partial charge in [-0.1, -0.05) is 6.58 Å². The van der Waals surface area contributed by atoms with Crippen LogP contribution in [0.3, 0.4) is 0 Å². The Bertz CT molecular complexity index is 103. The Morgan fingerprint density at radius 1 is 1.17 bits per heavy atom. The third kappa shape index (κ3) is 6.18. The molecule has 0 fully saturated rings. The van der Waals surface area contributed by atoms with Gasteiger partial charge in [-0.05, 0) is 5.70 Å². The van der Waals surface area contributed by atoms with Crippen LogP contribution in [0.25, 0.3) is 0 Å². The summed E-state index contributed by atoms with van der Waals surface area (Å²) < 4.78 is 14.9. The van der Waals surface area contributed by atoms with Gasteiger partial charge in [0.05, 0.1) is 0 Å². The normalized spacial score (nSPS) is 10.1. The summed E-state index contributed by atoms with van der Waals surface area (Å²) in [6.07, 6.45) is 0. The molecule has 3 nitrogen and oxygen atoms in total. The Hall–Kier alpha value is 0.634. The lowest BCUT2D eigenvalue weighted by atomic mass is 11.3. The summed E-state index contributed by atoms with van der Waals surface area (Å²) in [4.78, 5) is 0. The molecule has 0 aliphatic rings. The summed E-state index contributed by atoms with van der Waals surface area (Å²) in [5, 5.41) is 0. The van der Waals surface area contributed by atoms with Crippen LogP contribution in [0, 0.1) is 0 Å². The zero-order valence-electron chi connectivity index (χ0n) is 7.47. The van der Waals surface area contributed by atoms with Crippen LogP contribution < -0.4 is 0 Å². The standard InChI is InChI=1S/C5H12O3Si.Cl2H2Si/c1-5-9(6-2,7-3)8-4;1-3-2/h5H,1H2,2-4H3;3H2. The van der Waals surface area contributed by atoms with Gasteiger partial charge in [0.2, 0.25) is 8.14 Å². The fraction of sp³-hybridized carbons (Fsp3) is 0.600. The van der Waals surface area contributed by atoms with E-state index in [4.69, 9.17) is 35.4 Å². The van der Waals surface area contributed by atoms with E-state index >= 15 is 0 Å². The Labute approximate surface area is 86.2 Å². The molecule has 0 atom stereocenters. The maximum Gasteiger partial charge on any atom is 0.528 e. The smallest absolute Gasteiger partial charge is 0.374 e. The number of hydrogen-bond donors (Lipinski definition) is 0. The molecule has 0 N–H and O–H groups in total. The van der Waals surface area contributed by atoms with Crippen molar-refractivity contribution in [2.45, 2.75) is 0 Å². The van der Waals surface area contributed by atoms with Gasteiger partial charge in [-0.15, -0.1) is 0 Å². The molecular formula is C5H14Cl2O3Si2. The molecule has 7 heteroatoms. The number of rotatable bonds is 4. The molecule has 0 bridgehead atoms. The van der Waals surface area contributed by atoms with E-state index in [2.05, 4.69) is 6.58 Å². The van der Waals surface area contributed by atoms with Crippen molar-refractivity contribution in [2.24, 2.45) is 0 Å². The van der Waals surface area contributed by atoms with E-state index in [-0.39, 0.29) is 0 Å². The molecule has 0 unspecified atom stereocenters. The van der Waals surface area contributed by atoms with E-state index in [0.29, 0.717) is 0 Å². The average Bonchev–Trinajstić information content (AvgIpc) is 2.11. The second-order valence-electron chi connectivity index (χ2n) is 1.52. The maximum atomic E-state index is 4.96. The Balaban J connectivity index is 0. The van der Waals surface area contributed by atoms with Crippen molar-refractivity contribution in [3.05, 3.63) is 12.3 Å². The van der Waals surface area contributed by atoms with Gasteiger partial charge in [0.15, 0.2) is 0 Å². The van der Waals surface area contributed by atoms with Crippen molar-refractivity contribution >= 4 is 39.1 Å². The van der Waals surface area contributed by atoms with Gasteiger partial charge in [0, 0.05) is 21.3 Å². The van der Waals surface area contributed by atoms with Gasteiger partial charge >= 0.3 is 8.80 Å². The van der Waals surface area contributed by atoms with Crippen LogP contribution in [0.2, 0.25) is 0 Å². The van der Waals surface area contributed by atoms with Crippen molar-refractivity contribution in [3.8, 4) is 0 Å². The van der Waals surface area contributed by atoms with Gasteiger partial charge < -0.3 is 13.3 Å². The molecule has 0 radical (unpaired) electrons. The first-order chi connectivity index (χ1) is 5.66. The summed E-state index contributed by atoms with van der Waals surface area (Å²) in [7, 11) is 1.56. The molecule has 12 heavy (non-hydrogen) atoms. The van der Waals surface area contributed by atoms with Crippen LogP contribution in [-0.4, -0.2) is 38.3 Å². The first kappa shape index (κ1) is 15.1. The molecular weight excluding hydrogens is 235 g/mol. The molecule has 0 amide bonds. The van der Waals surface area contributed by atoms with Gasteiger partial charge in [-0.25, -0.2) is 0 Å². The van der Waals surface area contributed by atoms with Crippen LogP contribution in [0.5, 0.6) is 0 Å². The molecule has 0 aromatic carbocycles. The quantitative estimate of drug-likeness (QED) is 0.550. The van der Waals surface area contributed by atoms with Crippen molar-refractivity contribution < 1.29 is 13.3 Å². The Morgan fingerprint density at radius 3 is 1.42 bits per heavy atom. The molecule has 0 saturated heterocycles. The highest BCUT2D eigenvalue weighted by atomic mass is 35.7. The second kappa shape index (κ2) is 9.72. The second-order valence-corrected chi connectivity index (χ2v) is 6.99. The number of halogens is 2. The fourth-order valence-electron chi connectivity index (χ4n) is 0.500. The largest absolute Gasteiger partial charge is 0.528 e. The monoisotopic (exact) mass is 248 g/mol. The molecule has 74 valence electrons. The fourth-order valence-corrected chi connectivity index (χ4v) is 1.50. The van der Waals surface area contributed by atoms with Crippen LogP contribution in [0.1, 0.15) is 0 Å². The first-order valence-electron chi connectivity index (χ1n) is 3.07. The zero-order chi connectivity index (χ0) is 10.0. The van der Waals surface area contributed by atoms with Crippen molar-refractivity contribution in [2.75, 3.05) is 21.3 Å². The Kier molecular flexibility index (Phi) is 12.2. The van der Waals surface area contributed by atoms with E-state index in [0.717, 1.165) is 0 Å². The number of hydrogen-bond acceptors (Lipinski definition) is 3. The van der Waals surface area contributed by atoms with Crippen LogP contribution >= 0.6 is 22.2 Å². The third-order valence-corrected chi connectivity index (χ3v) is 3.31. The van der Waals surface area contributed by atoms with Gasteiger partial charge in [0.1, 0.15) is 0 Å². The zero-order valence-corrected chi connectivity index (χ0v) is 11.4. The molecule has 0 rings (SSSR count). The van der Waals surface area contributed by atoms with Gasteiger partial charge in [-0.3, -0.25) is 0 Å². The summed E-state index contributed by atoms with van der Waals surface area (Å²) in [6.45, 7) is 3.53. The summed E-state index contributed by atoms with van der Waals surface area (Å²) in [6, 6.07) is 0. The average molecular weight is 249 g/mol.